The molecular weight excluding hydrogens is 274 g/mol. The number of benzene rings is 1. The summed E-state index contributed by atoms with van der Waals surface area (Å²) in [5.74, 6) is -0.346. The molecule has 0 bridgehead atoms. The Morgan fingerprint density at radius 2 is 1.80 bits per heavy atom. The van der Waals surface area contributed by atoms with Gasteiger partial charge in [0, 0.05) is 6.21 Å². The van der Waals surface area contributed by atoms with Crippen LogP contribution in [0.5, 0.6) is 0 Å². The Labute approximate surface area is 122 Å². The van der Waals surface area contributed by atoms with Crippen molar-refractivity contribution in [2.75, 3.05) is 0 Å². The fraction of sp³-hybridized carbons (Fsp3) is 0.467. The summed E-state index contributed by atoms with van der Waals surface area (Å²) < 4.78 is 20.5. The number of hydrogen-bond acceptors (Lipinski definition) is 3. The van der Waals surface area contributed by atoms with E-state index in [9.17, 15) is 9.00 Å². The Kier molecular flexibility index (Phi) is 5.62. The summed E-state index contributed by atoms with van der Waals surface area (Å²) in [6.45, 7) is 9.21. The van der Waals surface area contributed by atoms with Crippen LogP contribution in [0.2, 0.25) is 0 Å². The van der Waals surface area contributed by atoms with Crippen molar-refractivity contribution in [3.8, 4) is 0 Å². The van der Waals surface area contributed by atoms with Crippen molar-refractivity contribution in [1.82, 2.24) is 0 Å². The maximum atomic E-state index is 11.8. The lowest BCUT2D eigenvalue weighted by molar-refractivity contribution is 0.0378. The van der Waals surface area contributed by atoms with Crippen molar-refractivity contribution in [2.45, 2.75) is 45.5 Å². The van der Waals surface area contributed by atoms with Gasteiger partial charge in [0.15, 0.2) is 0 Å². The molecule has 4 nitrogen and oxygen atoms in total. The van der Waals surface area contributed by atoms with Gasteiger partial charge in [0.2, 0.25) is 0 Å². The molecule has 0 unspecified atom stereocenters. The zero-order chi connectivity index (χ0) is 15.3. The van der Waals surface area contributed by atoms with Crippen LogP contribution < -0.4 is 0 Å². The number of carbonyl (C=O) groups excluding carboxylic acids is 1. The van der Waals surface area contributed by atoms with Crippen molar-refractivity contribution in [3.63, 3.8) is 0 Å². The molecule has 0 aliphatic rings. The fourth-order valence-corrected chi connectivity index (χ4v) is 1.79. The Hall–Kier alpha value is -1.49. The summed E-state index contributed by atoms with van der Waals surface area (Å²) in [6, 6.07) is 6.85. The van der Waals surface area contributed by atoms with E-state index < -0.39 is 11.0 Å². The second-order valence-corrected chi connectivity index (χ2v) is 7.61. The SMILES string of the molecule is CC(C)OC(=O)c1ccc(/C=N/[S@@](=O)C(C)(C)C)cc1. The summed E-state index contributed by atoms with van der Waals surface area (Å²) in [5.41, 5.74) is 1.29. The number of rotatable bonds is 4. The third-order valence-corrected chi connectivity index (χ3v) is 3.66. The van der Waals surface area contributed by atoms with Crippen molar-refractivity contribution in [1.29, 1.82) is 0 Å². The predicted molar refractivity (Wildman–Crippen MR) is 82.5 cm³/mol. The van der Waals surface area contributed by atoms with Crippen molar-refractivity contribution in [3.05, 3.63) is 35.4 Å². The van der Waals surface area contributed by atoms with Gasteiger partial charge in [0.05, 0.1) is 16.4 Å². The highest BCUT2D eigenvalue weighted by atomic mass is 32.2. The van der Waals surface area contributed by atoms with E-state index in [2.05, 4.69) is 4.40 Å². The van der Waals surface area contributed by atoms with Gasteiger partial charge in [-0.3, -0.25) is 0 Å². The van der Waals surface area contributed by atoms with E-state index >= 15 is 0 Å². The van der Waals surface area contributed by atoms with Gasteiger partial charge in [0.25, 0.3) is 0 Å². The summed E-state index contributed by atoms with van der Waals surface area (Å²) in [4.78, 5) is 11.7. The average Bonchev–Trinajstić information content (AvgIpc) is 2.34. The number of carbonyl (C=O) groups is 1. The molecule has 0 spiro atoms. The van der Waals surface area contributed by atoms with Crippen LogP contribution in [0, 0.1) is 0 Å². The summed E-state index contributed by atoms with van der Waals surface area (Å²) in [5, 5.41) is 0. The van der Waals surface area contributed by atoms with Crippen LogP contribution in [-0.4, -0.2) is 27.2 Å². The molecule has 20 heavy (non-hydrogen) atoms. The zero-order valence-electron chi connectivity index (χ0n) is 12.5. The first kappa shape index (κ1) is 16.6. The Morgan fingerprint density at radius 1 is 1.25 bits per heavy atom. The molecule has 0 saturated carbocycles. The number of nitrogens with zero attached hydrogens (tertiary/aromatic N) is 1. The lowest BCUT2D eigenvalue weighted by Gasteiger charge is -2.12. The zero-order valence-corrected chi connectivity index (χ0v) is 13.4. The van der Waals surface area contributed by atoms with E-state index in [0.717, 1.165) is 5.56 Å². The molecule has 0 radical (unpaired) electrons. The molecule has 0 N–H and O–H groups in total. The molecule has 0 fully saturated rings. The first-order valence-electron chi connectivity index (χ1n) is 6.47. The Morgan fingerprint density at radius 3 is 2.25 bits per heavy atom. The number of esters is 1. The van der Waals surface area contributed by atoms with Gasteiger partial charge >= 0.3 is 5.97 Å². The quantitative estimate of drug-likeness (QED) is 0.633. The highest BCUT2D eigenvalue weighted by Gasteiger charge is 2.18. The minimum atomic E-state index is -1.28. The van der Waals surface area contributed by atoms with Crippen LogP contribution in [0.4, 0.5) is 0 Å². The molecule has 0 amide bonds. The summed E-state index contributed by atoms with van der Waals surface area (Å²) >= 11 is 0. The number of hydrogen-bond donors (Lipinski definition) is 0. The van der Waals surface area contributed by atoms with Crippen LogP contribution in [0.1, 0.15) is 50.5 Å². The molecule has 0 saturated heterocycles. The Bertz CT molecular complexity index is 513. The van der Waals surface area contributed by atoms with Gasteiger partial charge < -0.3 is 4.74 Å². The maximum absolute atomic E-state index is 11.8. The largest absolute Gasteiger partial charge is 0.459 e. The summed E-state index contributed by atoms with van der Waals surface area (Å²) in [7, 11) is -1.28. The molecule has 1 aromatic rings. The van der Waals surface area contributed by atoms with Gasteiger partial charge in [-0.05, 0) is 52.3 Å². The van der Waals surface area contributed by atoms with Gasteiger partial charge in [-0.15, -0.1) is 0 Å². The van der Waals surface area contributed by atoms with E-state index in [4.69, 9.17) is 4.74 Å². The first-order chi connectivity index (χ1) is 9.20. The number of ether oxygens (including phenoxy) is 1. The molecule has 5 heteroatoms. The van der Waals surface area contributed by atoms with Crippen LogP contribution in [-0.2, 0) is 15.7 Å². The molecule has 1 rings (SSSR count). The standard InChI is InChI=1S/C15H21NO3S/c1-11(2)19-14(17)13-8-6-12(7-9-13)10-16-20(18)15(3,4)5/h6-11H,1-5H3/b16-10+/t20-/m0/s1. The minimum Gasteiger partial charge on any atom is -0.459 e. The molecule has 0 aliphatic heterocycles. The summed E-state index contributed by atoms with van der Waals surface area (Å²) in [6.07, 6.45) is 1.41. The van der Waals surface area contributed by atoms with Crippen molar-refractivity contribution in [2.24, 2.45) is 4.40 Å². The topological polar surface area (TPSA) is 55.7 Å². The lowest BCUT2D eigenvalue weighted by Crippen LogP contribution is -2.19. The monoisotopic (exact) mass is 295 g/mol. The van der Waals surface area contributed by atoms with Gasteiger partial charge in [-0.1, -0.05) is 12.1 Å². The van der Waals surface area contributed by atoms with E-state index in [0.29, 0.717) is 5.56 Å². The van der Waals surface area contributed by atoms with E-state index in [1.165, 1.54) is 0 Å². The average molecular weight is 295 g/mol. The van der Waals surface area contributed by atoms with Gasteiger partial charge in [0.1, 0.15) is 11.0 Å². The van der Waals surface area contributed by atoms with Gasteiger partial charge in [-0.2, -0.15) is 4.40 Å². The van der Waals surface area contributed by atoms with Crippen LogP contribution in [0.25, 0.3) is 0 Å². The molecular formula is C15H21NO3S. The molecule has 0 aliphatic carbocycles. The predicted octanol–water partition coefficient (Wildman–Crippen LogP) is 3.13. The fourth-order valence-electron chi connectivity index (χ4n) is 1.25. The van der Waals surface area contributed by atoms with Gasteiger partial charge in [-0.25, -0.2) is 9.00 Å². The third kappa shape index (κ3) is 5.25. The first-order valence-corrected chi connectivity index (χ1v) is 7.58. The second kappa shape index (κ2) is 6.79. The minimum absolute atomic E-state index is 0.141. The Balaban J connectivity index is 2.75. The highest BCUT2D eigenvalue weighted by molar-refractivity contribution is 7.85. The molecule has 1 aromatic carbocycles. The highest BCUT2D eigenvalue weighted by Crippen LogP contribution is 2.12. The van der Waals surface area contributed by atoms with Crippen LogP contribution >= 0.6 is 0 Å². The lowest BCUT2D eigenvalue weighted by atomic mass is 10.1. The van der Waals surface area contributed by atoms with E-state index in [-0.39, 0.29) is 16.8 Å². The molecule has 0 aromatic heterocycles. The van der Waals surface area contributed by atoms with Crippen molar-refractivity contribution >= 4 is 23.2 Å². The normalized spacial score (nSPS) is 13.7. The van der Waals surface area contributed by atoms with E-state index in [1.54, 1.807) is 44.3 Å². The van der Waals surface area contributed by atoms with Crippen LogP contribution in [0.15, 0.2) is 28.7 Å². The van der Waals surface area contributed by atoms with Crippen molar-refractivity contribution < 1.29 is 13.7 Å². The third-order valence-electron chi connectivity index (χ3n) is 2.31. The molecule has 110 valence electrons. The van der Waals surface area contributed by atoms with E-state index in [1.807, 2.05) is 20.8 Å². The smallest absolute Gasteiger partial charge is 0.338 e. The maximum Gasteiger partial charge on any atom is 0.338 e. The molecule has 0 heterocycles. The molecule has 1 atom stereocenters. The van der Waals surface area contributed by atoms with Crippen LogP contribution in [0.3, 0.4) is 0 Å². The second-order valence-electron chi connectivity index (χ2n) is 5.67.